The van der Waals surface area contributed by atoms with Crippen molar-refractivity contribution in [1.82, 2.24) is 9.88 Å². The molecular weight excluding hydrogens is 216 g/mol. The van der Waals surface area contributed by atoms with Gasteiger partial charge >= 0.3 is 0 Å². The Labute approximate surface area is 102 Å². The topological polar surface area (TPSA) is 16.1 Å². The molecule has 1 aromatic rings. The second-order valence-corrected chi connectivity index (χ2v) is 5.92. The van der Waals surface area contributed by atoms with Crippen molar-refractivity contribution in [1.29, 1.82) is 0 Å². The number of rotatable bonds is 2. The first-order valence-electron chi connectivity index (χ1n) is 6.54. The summed E-state index contributed by atoms with van der Waals surface area (Å²) < 4.78 is 0. The predicted molar refractivity (Wildman–Crippen MR) is 67.5 cm³/mol. The Balaban J connectivity index is 1.68. The molecule has 0 spiro atoms. The van der Waals surface area contributed by atoms with E-state index in [9.17, 15) is 0 Å². The third kappa shape index (κ3) is 2.16. The lowest BCUT2D eigenvalue weighted by molar-refractivity contribution is 0.0539. The largest absolute Gasteiger partial charge is 0.294 e. The molecule has 2 atom stereocenters. The van der Waals surface area contributed by atoms with Crippen LogP contribution in [-0.2, 0) is 6.54 Å². The minimum absolute atomic E-state index is 0.865. The molecule has 1 aliphatic carbocycles. The first-order chi connectivity index (χ1) is 7.93. The highest BCUT2D eigenvalue weighted by molar-refractivity contribution is 7.07. The molecule has 1 aromatic heterocycles. The first-order valence-corrected chi connectivity index (χ1v) is 7.49. The number of likely N-dealkylation sites (tertiary alicyclic amines) is 1. The molecular formula is C13H20N2S. The zero-order valence-corrected chi connectivity index (χ0v) is 10.6. The van der Waals surface area contributed by atoms with E-state index in [0.717, 1.165) is 18.5 Å². The molecule has 0 N–H and O–H groups in total. The van der Waals surface area contributed by atoms with Crippen LogP contribution in [-0.4, -0.2) is 22.5 Å². The molecule has 2 unspecified atom stereocenters. The van der Waals surface area contributed by atoms with Crippen molar-refractivity contribution in [3.8, 4) is 0 Å². The van der Waals surface area contributed by atoms with E-state index in [4.69, 9.17) is 0 Å². The molecule has 16 heavy (non-hydrogen) atoms. The summed E-state index contributed by atoms with van der Waals surface area (Å²) >= 11 is 1.72. The van der Waals surface area contributed by atoms with E-state index in [0.29, 0.717) is 0 Å². The van der Waals surface area contributed by atoms with Crippen molar-refractivity contribution < 1.29 is 0 Å². The minimum atomic E-state index is 0.865. The van der Waals surface area contributed by atoms with E-state index in [1.807, 2.05) is 5.51 Å². The summed E-state index contributed by atoms with van der Waals surface area (Å²) in [4.78, 5) is 7.12. The first kappa shape index (κ1) is 10.7. The van der Waals surface area contributed by atoms with Crippen molar-refractivity contribution in [3.05, 3.63) is 16.6 Å². The summed E-state index contributed by atoms with van der Waals surface area (Å²) in [6, 6.07) is 0.865. The van der Waals surface area contributed by atoms with Crippen molar-refractivity contribution in [2.24, 2.45) is 5.92 Å². The molecule has 88 valence electrons. The van der Waals surface area contributed by atoms with Crippen LogP contribution in [0.1, 0.15) is 44.2 Å². The number of fused-ring (bicyclic) bond motifs is 1. The highest BCUT2D eigenvalue weighted by Crippen LogP contribution is 2.35. The lowest BCUT2D eigenvalue weighted by atomic mass is 9.78. The van der Waals surface area contributed by atoms with Gasteiger partial charge in [0.05, 0.1) is 11.2 Å². The number of thiazole rings is 1. The van der Waals surface area contributed by atoms with E-state index < -0.39 is 0 Å². The third-order valence-electron chi connectivity index (χ3n) is 4.21. The fourth-order valence-corrected chi connectivity index (χ4v) is 4.00. The van der Waals surface area contributed by atoms with Crippen LogP contribution in [0.15, 0.2) is 10.9 Å². The van der Waals surface area contributed by atoms with Gasteiger partial charge in [-0.05, 0) is 38.1 Å². The SMILES string of the molecule is c1nc(CN2CCCC3CCCCC32)cs1. The van der Waals surface area contributed by atoms with Gasteiger partial charge in [0.2, 0.25) is 0 Å². The standard InChI is InChI=1S/C13H20N2S/c1-2-6-13-11(4-1)5-3-7-15(13)8-12-9-16-10-14-12/h9-11,13H,1-8H2. The van der Waals surface area contributed by atoms with E-state index in [2.05, 4.69) is 15.3 Å². The Bertz CT molecular complexity index is 321. The second-order valence-electron chi connectivity index (χ2n) is 5.20. The lowest BCUT2D eigenvalue weighted by Gasteiger charge is -2.43. The Morgan fingerprint density at radius 2 is 2.12 bits per heavy atom. The molecule has 3 heteroatoms. The molecule has 2 fully saturated rings. The molecule has 0 radical (unpaired) electrons. The maximum atomic E-state index is 4.42. The Morgan fingerprint density at radius 1 is 1.25 bits per heavy atom. The highest BCUT2D eigenvalue weighted by atomic mass is 32.1. The summed E-state index contributed by atoms with van der Waals surface area (Å²) in [6.07, 6.45) is 8.66. The quantitative estimate of drug-likeness (QED) is 0.783. The van der Waals surface area contributed by atoms with Gasteiger partial charge in [-0.25, -0.2) is 4.98 Å². The molecule has 0 amide bonds. The average molecular weight is 236 g/mol. The van der Waals surface area contributed by atoms with Gasteiger partial charge in [0.1, 0.15) is 0 Å². The van der Waals surface area contributed by atoms with Crippen molar-refractivity contribution in [2.45, 2.75) is 51.1 Å². The van der Waals surface area contributed by atoms with E-state index in [1.54, 1.807) is 11.3 Å². The van der Waals surface area contributed by atoms with Gasteiger partial charge in [-0.3, -0.25) is 4.90 Å². The van der Waals surface area contributed by atoms with Crippen LogP contribution in [0.4, 0.5) is 0 Å². The molecule has 2 nitrogen and oxygen atoms in total. The zero-order chi connectivity index (χ0) is 10.8. The van der Waals surface area contributed by atoms with Gasteiger partial charge in [-0.2, -0.15) is 0 Å². The minimum Gasteiger partial charge on any atom is -0.294 e. The van der Waals surface area contributed by atoms with Gasteiger partial charge < -0.3 is 0 Å². The van der Waals surface area contributed by atoms with Crippen LogP contribution in [0.25, 0.3) is 0 Å². The van der Waals surface area contributed by atoms with Gasteiger partial charge in [0.15, 0.2) is 0 Å². The monoisotopic (exact) mass is 236 g/mol. The molecule has 1 saturated carbocycles. The second kappa shape index (κ2) is 4.84. The van der Waals surface area contributed by atoms with Gasteiger partial charge in [0.25, 0.3) is 0 Å². The molecule has 1 saturated heterocycles. The predicted octanol–water partition coefficient (Wildman–Crippen LogP) is 3.30. The van der Waals surface area contributed by atoms with Gasteiger partial charge in [-0.15, -0.1) is 11.3 Å². The average Bonchev–Trinajstić information content (AvgIpc) is 2.82. The highest BCUT2D eigenvalue weighted by Gasteiger charge is 2.33. The Kier molecular flexibility index (Phi) is 3.25. The maximum Gasteiger partial charge on any atom is 0.0795 e. The van der Waals surface area contributed by atoms with E-state index in [1.165, 1.54) is 50.8 Å². The fraction of sp³-hybridized carbons (Fsp3) is 0.769. The van der Waals surface area contributed by atoms with E-state index in [-0.39, 0.29) is 0 Å². The van der Waals surface area contributed by atoms with Crippen LogP contribution in [0, 0.1) is 5.92 Å². The maximum absolute atomic E-state index is 4.42. The van der Waals surface area contributed by atoms with Crippen molar-refractivity contribution in [2.75, 3.05) is 6.54 Å². The van der Waals surface area contributed by atoms with E-state index >= 15 is 0 Å². The molecule has 0 aromatic carbocycles. The number of nitrogens with zero attached hydrogens (tertiary/aromatic N) is 2. The van der Waals surface area contributed by atoms with Crippen LogP contribution < -0.4 is 0 Å². The summed E-state index contributed by atoms with van der Waals surface area (Å²) in [5.41, 5.74) is 3.23. The smallest absolute Gasteiger partial charge is 0.0795 e. The lowest BCUT2D eigenvalue weighted by Crippen LogP contribution is -2.46. The molecule has 0 bridgehead atoms. The Morgan fingerprint density at radius 3 is 3.00 bits per heavy atom. The zero-order valence-electron chi connectivity index (χ0n) is 9.77. The number of piperidine rings is 1. The third-order valence-corrected chi connectivity index (χ3v) is 4.84. The van der Waals surface area contributed by atoms with Crippen molar-refractivity contribution in [3.63, 3.8) is 0 Å². The molecule has 3 rings (SSSR count). The van der Waals surface area contributed by atoms with Gasteiger partial charge in [0, 0.05) is 18.0 Å². The summed E-state index contributed by atoms with van der Waals surface area (Å²) in [5, 5.41) is 2.20. The molecule has 2 aliphatic rings. The summed E-state index contributed by atoms with van der Waals surface area (Å²) in [6.45, 7) is 2.38. The number of hydrogen-bond acceptors (Lipinski definition) is 3. The summed E-state index contributed by atoms with van der Waals surface area (Å²) in [7, 11) is 0. The normalized spacial score (nSPS) is 31.2. The van der Waals surface area contributed by atoms with Gasteiger partial charge in [-0.1, -0.05) is 12.8 Å². The van der Waals surface area contributed by atoms with Crippen LogP contribution in [0.2, 0.25) is 0 Å². The van der Waals surface area contributed by atoms with Crippen LogP contribution in [0.5, 0.6) is 0 Å². The van der Waals surface area contributed by atoms with Crippen molar-refractivity contribution >= 4 is 11.3 Å². The summed E-state index contributed by atoms with van der Waals surface area (Å²) in [5.74, 6) is 0.987. The van der Waals surface area contributed by atoms with Crippen LogP contribution in [0.3, 0.4) is 0 Å². The van der Waals surface area contributed by atoms with Crippen LogP contribution >= 0.6 is 11.3 Å². The molecule has 2 heterocycles. The molecule has 1 aliphatic heterocycles. The number of aromatic nitrogens is 1. The number of hydrogen-bond donors (Lipinski definition) is 0. The Hall–Kier alpha value is -0.410. The fourth-order valence-electron chi connectivity index (χ4n) is 3.45.